The van der Waals surface area contributed by atoms with E-state index in [0.29, 0.717) is 6.61 Å². The van der Waals surface area contributed by atoms with Crippen molar-refractivity contribution in [3.63, 3.8) is 0 Å². The molecule has 0 saturated carbocycles. The number of nitrogens with zero attached hydrogens (tertiary/aromatic N) is 2. The summed E-state index contributed by atoms with van der Waals surface area (Å²) in [4.78, 5) is 0. The lowest BCUT2D eigenvalue weighted by Gasteiger charge is -2.09. The van der Waals surface area contributed by atoms with E-state index in [9.17, 15) is 5.26 Å². The lowest BCUT2D eigenvalue weighted by molar-refractivity contribution is 0.340. The van der Waals surface area contributed by atoms with Crippen molar-refractivity contribution in [1.29, 1.82) is 5.26 Å². The van der Waals surface area contributed by atoms with Gasteiger partial charge in [-0.25, -0.2) is 0 Å². The molecule has 3 rings (SSSR count). The predicted octanol–water partition coefficient (Wildman–Crippen LogP) is 5.85. The Bertz CT molecular complexity index is 864. The van der Waals surface area contributed by atoms with Crippen molar-refractivity contribution in [3.8, 4) is 23.1 Å². The van der Waals surface area contributed by atoms with Crippen molar-refractivity contribution < 1.29 is 4.74 Å². The van der Waals surface area contributed by atoms with Crippen LogP contribution in [0.25, 0.3) is 22.2 Å². The highest BCUT2D eigenvalue weighted by Gasteiger charge is 2.17. The van der Waals surface area contributed by atoms with Crippen LogP contribution in [0.5, 0.6) is 5.75 Å². The Labute approximate surface area is 167 Å². The second kappa shape index (κ2) is 12.1. The van der Waals surface area contributed by atoms with Crippen LogP contribution in [0.15, 0.2) is 48.5 Å². The number of hydrogen-bond donors (Lipinski definition) is 1. The lowest BCUT2D eigenvalue weighted by atomic mass is 10.1. The number of para-hydroxylation sites is 1. The predicted molar refractivity (Wildman–Crippen MR) is 118 cm³/mol. The zero-order valence-electron chi connectivity index (χ0n) is 16.8. The topological polar surface area (TPSA) is 64.0 Å². The van der Waals surface area contributed by atoms with Gasteiger partial charge in [0, 0.05) is 17.4 Å². The molecule has 4 nitrogen and oxygen atoms in total. The van der Waals surface area contributed by atoms with E-state index in [-0.39, 0.29) is 0 Å². The number of nitrogens with two attached hydrogens (primary N) is 1. The van der Waals surface area contributed by atoms with Gasteiger partial charge >= 0.3 is 0 Å². The summed E-state index contributed by atoms with van der Waals surface area (Å²) in [5.41, 5.74) is 3.86. The summed E-state index contributed by atoms with van der Waals surface area (Å²) < 4.78 is 7.69. The van der Waals surface area contributed by atoms with E-state index in [4.69, 9.17) is 9.88 Å². The number of ether oxygens (including phenoxy) is 1. The van der Waals surface area contributed by atoms with E-state index in [0.717, 1.165) is 40.0 Å². The van der Waals surface area contributed by atoms with Gasteiger partial charge in [0.2, 0.25) is 0 Å². The molecule has 1 aromatic heterocycles. The second-order valence-corrected chi connectivity index (χ2v) is 5.76. The van der Waals surface area contributed by atoms with Gasteiger partial charge in [0.05, 0.1) is 17.9 Å². The van der Waals surface area contributed by atoms with Gasteiger partial charge in [0.15, 0.2) is 0 Å². The van der Waals surface area contributed by atoms with Gasteiger partial charge in [0.1, 0.15) is 11.8 Å². The maximum absolute atomic E-state index is 9.64. The smallest absolute Gasteiger partial charge is 0.119 e. The zero-order valence-corrected chi connectivity index (χ0v) is 17.6. The average Bonchev–Trinajstić information content (AvgIpc) is 3.04. The van der Waals surface area contributed by atoms with Gasteiger partial charge in [0.25, 0.3) is 0 Å². The van der Waals surface area contributed by atoms with E-state index in [1.165, 1.54) is 11.9 Å². The monoisotopic (exact) mass is 383 g/mol. The van der Waals surface area contributed by atoms with E-state index in [1.54, 1.807) is 0 Å². The van der Waals surface area contributed by atoms with Crippen molar-refractivity contribution in [2.75, 3.05) is 12.9 Å². The number of hydrogen-bond acceptors (Lipinski definition) is 4. The van der Waals surface area contributed by atoms with Gasteiger partial charge in [-0.15, -0.1) is 0 Å². The molecule has 0 radical (unpaired) electrons. The maximum Gasteiger partial charge on any atom is 0.119 e. The molecule has 0 aliphatic carbocycles. The van der Waals surface area contributed by atoms with Gasteiger partial charge in [-0.2, -0.15) is 5.26 Å². The molecule has 1 heterocycles. The highest BCUT2D eigenvalue weighted by atomic mass is 32.2. The molecule has 0 amide bonds. The standard InChI is InChI=1S/C19H18N2O.C2H6.CH5NS/c1-3-21-18-8-6-5-7-16(18)17(13-20)19(21)14-9-11-15(12-10-14)22-4-2;1-2;1-3-2/h5-12H,3-4H2,1-2H3;1-2H3;2H2,1H3. The quantitative estimate of drug-likeness (QED) is 0.574. The van der Waals surface area contributed by atoms with Crippen LogP contribution in [0.4, 0.5) is 0 Å². The largest absolute Gasteiger partial charge is 0.494 e. The molecule has 0 atom stereocenters. The molecule has 5 heteroatoms. The molecule has 0 saturated heterocycles. The number of fused-ring (bicyclic) bond motifs is 1. The first-order chi connectivity index (χ1) is 13.2. The molecular formula is C22H29N3OS. The molecule has 3 aromatic rings. The second-order valence-electron chi connectivity index (χ2n) is 5.29. The van der Waals surface area contributed by atoms with Crippen LogP contribution >= 0.6 is 11.9 Å². The summed E-state index contributed by atoms with van der Waals surface area (Å²) in [6.07, 6.45) is 1.82. The van der Waals surface area contributed by atoms with Crippen LogP contribution in [0.3, 0.4) is 0 Å². The summed E-state index contributed by atoms with van der Waals surface area (Å²) in [5, 5.41) is 15.4. The van der Waals surface area contributed by atoms with E-state index < -0.39 is 0 Å². The Morgan fingerprint density at radius 1 is 1.07 bits per heavy atom. The average molecular weight is 384 g/mol. The van der Waals surface area contributed by atoms with Crippen molar-refractivity contribution >= 4 is 22.9 Å². The summed E-state index contributed by atoms with van der Waals surface area (Å²) in [6, 6.07) is 18.4. The molecule has 0 aliphatic rings. The third-order valence-corrected chi connectivity index (χ3v) is 3.84. The number of benzene rings is 2. The molecular weight excluding hydrogens is 354 g/mol. The minimum Gasteiger partial charge on any atom is -0.494 e. The first-order valence-electron chi connectivity index (χ1n) is 9.19. The van der Waals surface area contributed by atoms with Gasteiger partial charge in [-0.05, 0) is 56.0 Å². The summed E-state index contributed by atoms with van der Waals surface area (Å²) in [7, 11) is 0. The van der Waals surface area contributed by atoms with Crippen LogP contribution in [-0.2, 0) is 6.54 Å². The van der Waals surface area contributed by atoms with Crippen molar-refractivity contribution in [2.45, 2.75) is 34.2 Å². The Kier molecular flexibility index (Phi) is 10.1. The molecule has 0 unspecified atom stereocenters. The minimum atomic E-state index is 0.651. The van der Waals surface area contributed by atoms with Crippen LogP contribution < -0.4 is 9.88 Å². The molecule has 0 aliphatic heterocycles. The molecule has 2 N–H and O–H groups in total. The van der Waals surface area contributed by atoms with Crippen molar-refractivity contribution in [1.82, 2.24) is 4.57 Å². The molecule has 27 heavy (non-hydrogen) atoms. The van der Waals surface area contributed by atoms with Crippen LogP contribution in [0.2, 0.25) is 0 Å². The normalized spacial score (nSPS) is 9.52. The van der Waals surface area contributed by atoms with Crippen LogP contribution in [0.1, 0.15) is 33.3 Å². The van der Waals surface area contributed by atoms with E-state index in [1.807, 2.05) is 69.5 Å². The number of nitriles is 1. The molecule has 0 bridgehead atoms. The van der Waals surface area contributed by atoms with Gasteiger partial charge in [-0.3, -0.25) is 5.14 Å². The Balaban J connectivity index is 0.000000665. The van der Waals surface area contributed by atoms with Gasteiger partial charge < -0.3 is 9.30 Å². The fourth-order valence-corrected chi connectivity index (χ4v) is 2.92. The number of aromatic nitrogens is 1. The maximum atomic E-state index is 9.64. The lowest BCUT2D eigenvalue weighted by Crippen LogP contribution is -1.98. The third kappa shape index (κ3) is 5.29. The highest BCUT2D eigenvalue weighted by molar-refractivity contribution is 7.96. The van der Waals surface area contributed by atoms with Crippen molar-refractivity contribution in [3.05, 3.63) is 54.1 Å². The Hall–Kier alpha value is -2.42. The number of aryl methyl sites for hydroxylation is 1. The Morgan fingerprint density at radius 3 is 2.19 bits per heavy atom. The summed E-state index contributed by atoms with van der Waals surface area (Å²) in [5.74, 6) is 0.851. The SMILES string of the molecule is CC.CCOc1ccc(-c2c(C#N)c3ccccc3n2CC)cc1.CSN. The highest BCUT2D eigenvalue weighted by Crippen LogP contribution is 2.34. The fourth-order valence-electron chi connectivity index (χ4n) is 2.92. The van der Waals surface area contributed by atoms with Crippen LogP contribution in [0, 0.1) is 11.3 Å². The third-order valence-electron chi connectivity index (χ3n) is 3.84. The minimum absolute atomic E-state index is 0.651. The summed E-state index contributed by atoms with van der Waals surface area (Å²) in [6.45, 7) is 9.55. The molecule has 144 valence electrons. The molecule has 2 aromatic carbocycles. The fraction of sp³-hybridized carbons (Fsp3) is 0.318. The van der Waals surface area contributed by atoms with Gasteiger partial charge in [-0.1, -0.05) is 44.0 Å². The zero-order chi connectivity index (χ0) is 20.2. The molecule has 0 spiro atoms. The first kappa shape index (κ1) is 22.6. The Morgan fingerprint density at radius 2 is 1.67 bits per heavy atom. The van der Waals surface area contributed by atoms with Crippen LogP contribution in [-0.4, -0.2) is 17.4 Å². The summed E-state index contributed by atoms with van der Waals surface area (Å²) >= 11 is 1.25. The van der Waals surface area contributed by atoms with E-state index in [2.05, 4.69) is 23.6 Å². The van der Waals surface area contributed by atoms with Crippen molar-refractivity contribution in [2.24, 2.45) is 5.14 Å². The first-order valence-corrected chi connectivity index (χ1v) is 10.5. The molecule has 0 fully saturated rings. The number of rotatable bonds is 4. The van der Waals surface area contributed by atoms with E-state index >= 15 is 0 Å².